The number of hydrogen-bond acceptors (Lipinski definition) is 5. The Morgan fingerprint density at radius 1 is 0.963 bits per heavy atom. The third-order valence-electron chi connectivity index (χ3n) is 3.64. The number of anilines is 2. The highest BCUT2D eigenvalue weighted by Crippen LogP contribution is 2.19. The maximum Gasteiger partial charge on any atom is 0.237 e. The summed E-state index contributed by atoms with van der Waals surface area (Å²) in [4.78, 5) is 24.3. The SMILES string of the molecule is CCOc1ccc(NC(=O)CS[C@@H](C)C(=O)Nc2ccc(OC)cc2)cc1. The first kappa shape index (κ1) is 20.6. The van der Waals surface area contributed by atoms with Crippen LogP contribution in [-0.2, 0) is 9.59 Å². The van der Waals surface area contributed by atoms with Crippen molar-refractivity contribution in [1.29, 1.82) is 0 Å². The Morgan fingerprint density at radius 3 is 2.07 bits per heavy atom. The monoisotopic (exact) mass is 388 g/mol. The molecule has 0 aliphatic heterocycles. The summed E-state index contributed by atoms with van der Waals surface area (Å²) in [5.41, 5.74) is 1.38. The summed E-state index contributed by atoms with van der Waals surface area (Å²) in [5.74, 6) is 1.35. The summed E-state index contributed by atoms with van der Waals surface area (Å²) in [6, 6.07) is 14.3. The van der Waals surface area contributed by atoms with Crippen LogP contribution in [-0.4, -0.2) is 36.5 Å². The van der Waals surface area contributed by atoms with Gasteiger partial charge in [0, 0.05) is 11.4 Å². The smallest absolute Gasteiger partial charge is 0.237 e. The number of carbonyl (C=O) groups excluding carboxylic acids is 2. The molecule has 6 nitrogen and oxygen atoms in total. The minimum atomic E-state index is -0.363. The van der Waals surface area contributed by atoms with Crippen molar-refractivity contribution >= 4 is 35.0 Å². The lowest BCUT2D eigenvalue weighted by molar-refractivity contribution is -0.115. The Kier molecular flexibility index (Phi) is 8.00. The van der Waals surface area contributed by atoms with Crippen LogP contribution < -0.4 is 20.1 Å². The molecule has 0 aromatic heterocycles. The molecule has 0 aliphatic rings. The molecule has 0 saturated carbocycles. The Labute approximate surface area is 163 Å². The predicted molar refractivity (Wildman–Crippen MR) is 110 cm³/mol. The van der Waals surface area contributed by atoms with Gasteiger partial charge in [-0.05, 0) is 62.4 Å². The van der Waals surface area contributed by atoms with Crippen molar-refractivity contribution in [3.8, 4) is 11.5 Å². The number of nitrogens with one attached hydrogen (secondary N) is 2. The molecule has 2 aromatic carbocycles. The number of benzene rings is 2. The van der Waals surface area contributed by atoms with E-state index in [1.165, 1.54) is 11.8 Å². The molecule has 0 bridgehead atoms. The van der Waals surface area contributed by atoms with Crippen LogP contribution in [0.4, 0.5) is 11.4 Å². The molecular formula is C20H24N2O4S. The number of carbonyl (C=O) groups is 2. The van der Waals surface area contributed by atoms with Crippen LogP contribution >= 0.6 is 11.8 Å². The third kappa shape index (κ3) is 6.86. The fraction of sp³-hybridized carbons (Fsp3) is 0.300. The van der Waals surface area contributed by atoms with E-state index in [0.717, 1.165) is 11.5 Å². The molecule has 2 N–H and O–H groups in total. The van der Waals surface area contributed by atoms with Crippen LogP contribution in [0.2, 0.25) is 0 Å². The van der Waals surface area contributed by atoms with Gasteiger partial charge in [-0.3, -0.25) is 9.59 Å². The fourth-order valence-electron chi connectivity index (χ4n) is 2.19. The lowest BCUT2D eigenvalue weighted by Gasteiger charge is -2.12. The molecule has 2 amide bonds. The topological polar surface area (TPSA) is 76.7 Å². The molecule has 7 heteroatoms. The van der Waals surface area contributed by atoms with Gasteiger partial charge in [0.25, 0.3) is 0 Å². The van der Waals surface area contributed by atoms with E-state index in [0.29, 0.717) is 18.0 Å². The summed E-state index contributed by atoms with van der Waals surface area (Å²) in [7, 11) is 1.59. The highest BCUT2D eigenvalue weighted by molar-refractivity contribution is 8.01. The second kappa shape index (κ2) is 10.5. The summed E-state index contributed by atoms with van der Waals surface area (Å²) >= 11 is 1.28. The van der Waals surface area contributed by atoms with E-state index in [9.17, 15) is 9.59 Å². The quantitative estimate of drug-likeness (QED) is 0.683. The minimum Gasteiger partial charge on any atom is -0.497 e. The minimum absolute atomic E-state index is 0.154. The number of methoxy groups -OCH3 is 1. The van der Waals surface area contributed by atoms with E-state index < -0.39 is 0 Å². The van der Waals surface area contributed by atoms with E-state index in [1.54, 1.807) is 62.6 Å². The highest BCUT2D eigenvalue weighted by Gasteiger charge is 2.15. The average Bonchev–Trinajstić information content (AvgIpc) is 2.68. The molecule has 27 heavy (non-hydrogen) atoms. The van der Waals surface area contributed by atoms with Crippen LogP contribution in [0.5, 0.6) is 11.5 Å². The van der Waals surface area contributed by atoms with Gasteiger partial charge in [0.15, 0.2) is 0 Å². The first-order valence-corrected chi connectivity index (χ1v) is 9.66. The molecule has 1 atom stereocenters. The molecule has 0 spiro atoms. The average molecular weight is 388 g/mol. The maximum atomic E-state index is 12.2. The van der Waals surface area contributed by atoms with Crippen molar-refractivity contribution in [3.63, 3.8) is 0 Å². The van der Waals surface area contributed by atoms with Gasteiger partial charge in [0.1, 0.15) is 11.5 Å². The van der Waals surface area contributed by atoms with Gasteiger partial charge in [-0.1, -0.05) is 0 Å². The number of thioether (sulfide) groups is 1. The standard InChI is InChI=1S/C20H24N2O4S/c1-4-26-18-11-7-15(8-12-18)21-19(23)13-27-14(2)20(24)22-16-5-9-17(25-3)10-6-16/h5-12,14H,4,13H2,1-3H3,(H,21,23)(H,22,24)/t14-/m0/s1. The summed E-state index contributed by atoms with van der Waals surface area (Å²) in [6.07, 6.45) is 0. The first-order chi connectivity index (χ1) is 13.0. The Morgan fingerprint density at radius 2 is 1.52 bits per heavy atom. The number of ether oxygens (including phenoxy) is 2. The van der Waals surface area contributed by atoms with Crippen LogP contribution in [0.15, 0.2) is 48.5 Å². The normalized spacial score (nSPS) is 11.4. The van der Waals surface area contributed by atoms with Gasteiger partial charge in [0.2, 0.25) is 11.8 Å². The van der Waals surface area contributed by atoms with Gasteiger partial charge in [-0.15, -0.1) is 11.8 Å². The van der Waals surface area contributed by atoms with E-state index in [4.69, 9.17) is 9.47 Å². The van der Waals surface area contributed by atoms with Crippen LogP contribution in [0.1, 0.15) is 13.8 Å². The van der Waals surface area contributed by atoms with E-state index >= 15 is 0 Å². The number of amides is 2. The van der Waals surface area contributed by atoms with Crippen LogP contribution in [0, 0.1) is 0 Å². The Hall–Kier alpha value is -2.67. The van der Waals surface area contributed by atoms with Crippen molar-refractivity contribution in [1.82, 2.24) is 0 Å². The number of rotatable bonds is 9. The zero-order valence-electron chi connectivity index (χ0n) is 15.7. The summed E-state index contributed by atoms with van der Waals surface area (Å²) < 4.78 is 10.5. The molecule has 0 radical (unpaired) electrons. The first-order valence-electron chi connectivity index (χ1n) is 8.61. The second-order valence-corrected chi connectivity index (χ2v) is 7.01. The van der Waals surface area contributed by atoms with Crippen molar-refractivity contribution < 1.29 is 19.1 Å². The van der Waals surface area contributed by atoms with Crippen molar-refractivity contribution in [2.45, 2.75) is 19.1 Å². The van der Waals surface area contributed by atoms with E-state index in [2.05, 4.69) is 10.6 Å². The van der Waals surface area contributed by atoms with Gasteiger partial charge < -0.3 is 20.1 Å². The van der Waals surface area contributed by atoms with Gasteiger partial charge >= 0.3 is 0 Å². The van der Waals surface area contributed by atoms with Crippen LogP contribution in [0.3, 0.4) is 0 Å². The molecule has 2 rings (SSSR count). The second-order valence-electron chi connectivity index (χ2n) is 5.68. The van der Waals surface area contributed by atoms with E-state index in [1.807, 2.05) is 6.92 Å². The molecule has 0 aliphatic carbocycles. The fourth-order valence-corrected chi connectivity index (χ4v) is 2.88. The molecular weight excluding hydrogens is 364 g/mol. The largest absolute Gasteiger partial charge is 0.497 e. The Bertz CT molecular complexity index is 748. The lowest BCUT2D eigenvalue weighted by atomic mass is 10.3. The number of hydrogen-bond donors (Lipinski definition) is 2. The molecule has 144 valence electrons. The van der Waals surface area contributed by atoms with Crippen LogP contribution in [0.25, 0.3) is 0 Å². The lowest BCUT2D eigenvalue weighted by Crippen LogP contribution is -2.25. The zero-order valence-corrected chi connectivity index (χ0v) is 16.5. The molecule has 0 saturated heterocycles. The third-order valence-corrected chi connectivity index (χ3v) is 4.78. The van der Waals surface area contributed by atoms with Gasteiger partial charge in [-0.2, -0.15) is 0 Å². The van der Waals surface area contributed by atoms with Gasteiger partial charge in [-0.25, -0.2) is 0 Å². The van der Waals surface area contributed by atoms with Crippen molar-refractivity contribution in [2.75, 3.05) is 30.1 Å². The maximum absolute atomic E-state index is 12.2. The molecule has 0 heterocycles. The predicted octanol–water partition coefficient (Wildman–Crippen LogP) is 3.79. The van der Waals surface area contributed by atoms with Crippen molar-refractivity contribution in [2.24, 2.45) is 0 Å². The zero-order chi connectivity index (χ0) is 19.6. The molecule has 2 aromatic rings. The summed E-state index contributed by atoms with van der Waals surface area (Å²) in [6.45, 7) is 4.28. The summed E-state index contributed by atoms with van der Waals surface area (Å²) in [5, 5.41) is 5.27. The molecule has 0 unspecified atom stereocenters. The van der Waals surface area contributed by atoms with Gasteiger partial charge in [0.05, 0.1) is 24.7 Å². The highest BCUT2D eigenvalue weighted by atomic mass is 32.2. The van der Waals surface area contributed by atoms with E-state index in [-0.39, 0.29) is 22.8 Å². The Balaban J connectivity index is 1.76. The van der Waals surface area contributed by atoms with Crippen molar-refractivity contribution in [3.05, 3.63) is 48.5 Å². The molecule has 0 fully saturated rings.